The molecule has 1 heterocycles. The van der Waals surface area contributed by atoms with E-state index in [0.717, 1.165) is 11.6 Å². The summed E-state index contributed by atoms with van der Waals surface area (Å²) in [5.41, 5.74) is 1.04. The topological polar surface area (TPSA) is 12.5 Å². The van der Waals surface area contributed by atoms with Crippen molar-refractivity contribution in [2.75, 3.05) is 20.2 Å². The maximum absolute atomic E-state index is 12.7. The average molecular weight is 418 g/mol. The van der Waals surface area contributed by atoms with Gasteiger partial charge in [0.1, 0.15) is 11.6 Å². The minimum atomic E-state index is -0.253. The van der Waals surface area contributed by atoms with Crippen LogP contribution in [0.2, 0.25) is 0 Å². The molecule has 1 aliphatic heterocycles. The third-order valence-corrected chi connectivity index (χ3v) is 3.69. The zero-order valence-corrected chi connectivity index (χ0v) is 16.9. The van der Waals surface area contributed by atoms with Crippen LogP contribution in [0.5, 0.6) is 5.75 Å². The van der Waals surface area contributed by atoms with Gasteiger partial charge in [0.2, 0.25) is 0 Å². The zero-order chi connectivity index (χ0) is 15.1. The molecule has 1 aromatic rings. The van der Waals surface area contributed by atoms with Crippen molar-refractivity contribution in [1.82, 2.24) is 4.90 Å². The Hall–Kier alpha value is 0.0139. The van der Waals surface area contributed by atoms with Crippen LogP contribution in [0.1, 0.15) is 74.3 Å². The molecule has 2 nitrogen and oxygen atoms in total. The van der Waals surface area contributed by atoms with E-state index >= 15 is 0 Å². The van der Waals surface area contributed by atoms with Gasteiger partial charge in [-0.15, -0.1) is 0 Å². The molecule has 141 valence electrons. The van der Waals surface area contributed by atoms with E-state index in [0.29, 0.717) is 11.7 Å². The Morgan fingerprint density at radius 2 is 1.50 bits per heavy atom. The van der Waals surface area contributed by atoms with Gasteiger partial charge >= 0.3 is 0 Å². The van der Waals surface area contributed by atoms with Crippen molar-refractivity contribution in [1.29, 1.82) is 0 Å². The number of likely N-dealkylation sites (tertiary alicyclic amines) is 1. The number of methoxy groups -OCH3 is 1. The van der Waals surface area contributed by atoms with Crippen LogP contribution >= 0.6 is 0 Å². The molecule has 4 heteroatoms. The summed E-state index contributed by atoms with van der Waals surface area (Å²) < 4.78 is 17.8. The molecule has 0 saturated carbocycles. The Morgan fingerprint density at radius 3 is 1.83 bits per heavy atom. The van der Waals surface area contributed by atoms with Crippen molar-refractivity contribution < 1.29 is 41.8 Å². The van der Waals surface area contributed by atoms with Crippen LogP contribution in [0, 0.1) is 5.82 Å². The van der Waals surface area contributed by atoms with Crippen molar-refractivity contribution in [3.63, 3.8) is 0 Å². The largest absolute Gasteiger partial charge is 0.496 e. The molecule has 1 fully saturated rings. The van der Waals surface area contributed by atoms with Crippen LogP contribution in [0.3, 0.4) is 0 Å². The van der Waals surface area contributed by atoms with Gasteiger partial charge in [0.25, 0.3) is 0 Å². The molecule has 0 N–H and O–H groups in total. The first kappa shape index (κ1) is 31.8. The Morgan fingerprint density at radius 1 is 1.00 bits per heavy atom. The minimum Gasteiger partial charge on any atom is -0.496 e. The second-order valence-corrected chi connectivity index (χ2v) is 5.88. The van der Waals surface area contributed by atoms with E-state index < -0.39 is 0 Å². The molecule has 2 rings (SSSR count). The normalized spacial score (nSPS) is 12.8. The maximum Gasteiger partial charge on any atom is 0.126 e. The fourth-order valence-electron chi connectivity index (χ4n) is 2.42. The summed E-state index contributed by atoms with van der Waals surface area (Å²) in [4.78, 5) is 2.53. The molecule has 0 aromatic heterocycles. The standard InChI is InChI=1S/C10H13FO.C7H15N.3CH4.Y/c1-7(2)9-5-4-8(11)6-10(9)12-3;1-7(2)8-5-3-4-6-8;;;;/h4-7H,1-3H3;7H,3-6H2,1-2H3;3*1H4;. The number of ether oxygens (including phenoxy) is 1. The van der Waals surface area contributed by atoms with Gasteiger partial charge in [-0.3, -0.25) is 0 Å². The van der Waals surface area contributed by atoms with Crippen molar-refractivity contribution in [2.24, 2.45) is 0 Å². The van der Waals surface area contributed by atoms with E-state index in [4.69, 9.17) is 4.74 Å². The number of hydrogen-bond donors (Lipinski definition) is 0. The summed E-state index contributed by atoms with van der Waals surface area (Å²) in [6, 6.07) is 5.41. The second-order valence-electron chi connectivity index (χ2n) is 5.88. The van der Waals surface area contributed by atoms with E-state index in [1.807, 2.05) is 0 Å². The quantitative estimate of drug-likeness (QED) is 0.567. The molecular weight excluding hydrogens is 378 g/mol. The van der Waals surface area contributed by atoms with E-state index in [1.54, 1.807) is 13.2 Å². The molecule has 0 aliphatic carbocycles. The van der Waals surface area contributed by atoms with Crippen LogP contribution in [-0.4, -0.2) is 31.1 Å². The number of hydrogen-bond acceptors (Lipinski definition) is 2. The minimum absolute atomic E-state index is 0. The molecule has 0 spiro atoms. The number of nitrogens with zero attached hydrogens (tertiary/aromatic N) is 1. The molecule has 1 radical (unpaired) electrons. The Bertz CT molecular complexity index is 405. The van der Waals surface area contributed by atoms with Crippen LogP contribution in [0.4, 0.5) is 4.39 Å². The summed E-state index contributed by atoms with van der Waals surface area (Å²) in [5, 5.41) is 0. The molecule has 0 atom stereocenters. The Kier molecular flexibility index (Phi) is 21.8. The summed E-state index contributed by atoms with van der Waals surface area (Å²) >= 11 is 0. The van der Waals surface area contributed by atoms with E-state index in [-0.39, 0.29) is 60.8 Å². The molecule has 1 aliphatic rings. The van der Waals surface area contributed by atoms with Crippen LogP contribution in [-0.2, 0) is 32.7 Å². The SMILES string of the molecule is C.C.C.CC(C)N1CCCC1.COc1cc(F)ccc1C(C)C.[Y]. The fourth-order valence-corrected chi connectivity index (χ4v) is 2.42. The van der Waals surface area contributed by atoms with E-state index in [2.05, 4.69) is 32.6 Å². The van der Waals surface area contributed by atoms with Gasteiger partial charge < -0.3 is 9.64 Å². The monoisotopic (exact) mass is 418 g/mol. The molecular formula is C20H40FNOY. The molecule has 0 bridgehead atoms. The first-order chi connectivity index (χ1) is 9.45. The smallest absolute Gasteiger partial charge is 0.126 e. The van der Waals surface area contributed by atoms with E-state index in [1.165, 1.54) is 38.1 Å². The van der Waals surface area contributed by atoms with Gasteiger partial charge in [-0.2, -0.15) is 0 Å². The molecule has 24 heavy (non-hydrogen) atoms. The predicted molar refractivity (Wildman–Crippen MR) is 103 cm³/mol. The predicted octanol–water partition coefficient (Wildman–Crippen LogP) is 6.35. The van der Waals surface area contributed by atoms with Crippen LogP contribution < -0.4 is 4.74 Å². The van der Waals surface area contributed by atoms with Crippen molar-refractivity contribution >= 4 is 0 Å². The Balaban J connectivity index is -0.000000150. The molecule has 1 saturated heterocycles. The van der Waals surface area contributed by atoms with Gasteiger partial charge in [0.15, 0.2) is 0 Å². The summed E-state index contributed by atoms with van der Waals surface area (Å²) in [5.74, 6) is 0.738. The van der Waals surface area contributed by atoms with Crippen molar-refractivity contribution in [3.8, 4) is 5.75 Å². The van der Waals surface area contributed by atoms with Gasteiger partial charge in [-0.1, -0.05) is 42.2 Å². The second kappa shape index (κ2) is 16.5. The van der Waals surface area contributed by atoms with Gasteiger partial charge in [-0.05, 0) is 57.3 Å². The van der Waals surface area contributed by atoms with Crippen molar-refractivity contribution in [2.45, 2.75) is 74.8 Å². The number of benzene rings is 1. The van der Waals surface area contributed by atoms with Crippen molar-refractivity contribution in [3.05, 3.63) is 29.6 Å². The first-order valence-corrected chi connectivity index (χ1v) is 7.53. The van der Waals surface area contributed by atoms with Gasteiger partial charge in [-0.25, -0.2) is 4.39 Å². The molecule has 0 unspecified atom stereocenters. The summed E-state index contributed by atoms with van der Waals surface area (Å²) in [7, 11) is 1.56. The number of rotatable bonds is 3. The summed E-state index contributed by atoms with van der Waals surface area (Å²) in [6.07, 6.45) is 2.83. The average Bonchev–Trinajstić information content (AvgIpc) is 2.93. The first-order valence-electron chi connectivity index (χ1n) is 7.53. The molecule has 1 aromatic carbocycles. The summed E-state index contributed by atoms with van der Waals surface area (Å²) in [6.45, 7) is 11.3. The van der Waals surface area contributed by atoms with Gasteiger partial charge in [0, 0.05) is 44.8 Å². The van der Waals surface area contributed by atoms with Crippen LogP contribution in [0.25, 0.3) is 0 Å². The zero-order valence-electron chi connectivity index (χ0n) is 14.0. The van der Waals surface area contributed by atoms with E-state index in [9.17, 15) is 4.39 Å². The van der Waals surface area contributed by atoms with Crippen LogP contribution in [0.15, 0.2) is 18.2 Å². The fraction of sp³-hybridized carbons (Fsp3) is 0.700. The Labute approximate surface area is 176 Å². The molecule has 0 amide bonds. The third kappa shape index (κ3) is 10.8. The van der Waals surface area contributed by atoms with Gasteiger partial charge in [0.05, 0.1) is 7.11 Å². The number of halogens is 1. The maximum atomic E-state index is 12.7. The third-order valence-electron chi connectivity index (χ3n) is 3.69.